The van der Waals surface area contributed by atoms with Gasteiger partial charge in [0.1, 0.15) is 6.61 Å². The van der Waals surface area contributed by atoms with Gasteiger partial charge in [0.15, 0.2) is 23.0 Å². The Bertz CT molecular complexity index is 1170. The first-order valence-electron chi connectivity index (χ1n) is 11.1. The summed E-state index contributed by atoms with van der Waals surface area (Å²) in [7, 11) is 2.87. The first-order chi connectivity index (χ1) is 17.0. The highest BCUT2D eigenvalue weighted by Crippen LogP contribution is 2.55. The normalized spacial score (nSPS) is 23.5. The maximum absolute atomic E-state index is 13.1. The zero-order chi connectivity index (χ0) is 24.7. The number of hydrogen-bond acceptors (Lipinski definition) is 9. The highest BCUT2D eigenvalue weighted by Gasteiger charge is 2.53. The number of phenols is 1. The second kappa shape index (κ2) is 8.94. The Balaban J connectivity index is 1.68. The van der Waals surface area contributed by atoms with Gasteiger partial charge in [0.2, 0.25) is 12.5 Å². The number of nitrogens with one attached hydrogen (secondary N) is 1. The van der Waals surface area contributed by atoms with Gasteiger partial charge in [-0.2, -0.15) is 0 Å². The van der Waals surface area contributed by atoms with Crippen LogP contribution in [0.25, 0.3) is 0 Å². The number of phenolic OH excluding ortho intramolecular Hbond substituents is 1. The van der Waals surface area contributed by atoms with E-state index in [1.807, 2.05) is 12.1 Å². The smallest absolute Gasteiger partial charge is 0.407 e. The quantitative estimate of drug-likeness (QED) is 0.472. The number of benzene rings is 2. The van der Waals surface area contributed by atoms with Crippen molar-refractivity contribution in [2.45, 2.75) is 12.0 Å². The fourth-order valence-electron chi connectivity index (χ4n) is 5.14. The van der Waals surface area contributed by atoms with Gasteiger partial charge in [0.05, 0.1) is 32.8 Å². The van der Waals surface area contributed by atoms with Crippen molar-refractivity contribution in [3.63, 3.8) is 0 Å². The predicted octanol–water partition coefficient (Wildman–Crippen LogP) is 3.03. The standard InChI is InChI=1S/C25H25NO9/c1-4-5-32-25(29)26-22-14-9-17-16(34-11-35-17)8-13(14)20(21-15(22)10-33-24(21)28)12-6-18(30-2)23(27)19(7-12)31-3/h4,6-9,15,20-22,27H,1,5,10-11H2,2-3H3,(H,26,29)/t15-,20+,21-,22+/m0/s1. The summed E-state index contributed by atoms with van der Waals surface area (Å²) in [6.07, 6.45) is 0.835. The predicted molar refractivity (Wildman–Crippen MR) is 121 cm³/mol. The van der Waals surface area contributed by atoms with Gasteiger partial charge >= 0.3 is 12.1 Å². The molecule has 2 aliphatic heterocycles. The molecule has 4 atom stereocenters. The van der Waals surface area contributed by atoms with E-state index < -0.39 is 24.0 Å². The maximum atomic E-state index is 13.1. The highest BCUT2D eigenvalue weighted by atomic mass is 16.7. The van der Waals surface area contributed by atoms with Crippen molar-refractivity contribution < 1.29 is 43.1 Å². The van der Waals surface area contributed by atoms with Gasteiger partial charge in [-0.05, 0) is 41.0 Å². The van der Waals surface area contributed by atoms with Crippen LogP contribution in [0.15, 0.2) is 36.9 Å². The molecule has 5 rings (SSSR count). The van der Waals surface area contributed by atoms with Gasteiger partial charge in [-0.25, -0.2) is 4.79 Å². The summed E-state index contributed by atoms with van der Waals surface area (Å²) < 4.78 is 32.6. The van der Waals surface area contributed by atoms with E-state index in [9.17, 15) is 14.7 Å². The molecule has 1 saturated heterocycles. The Kier molecular flexibility index (Phi) is 5.80. The molecular weight excluding hydrogens is 458 g/mol. The molecule has 2 N–H and O–H groups in total. The molecule has 0 spiro atoms. The Morgan fingerprint density at radius 1 is 1.11 bits per heavy atom. The molecule has 2 aromatic rings. The van der Waals surface area contributed by atoms with Crippen LogP contribution < -0.4 is 24.3 Å². The second-order valence-corrected chi connectivity index (χ2v) is 8.41. The number of fused-ring (bicyclic) bond motifs is 3. The minimum atomic E-state index is -0.636. The van der Waals surface area contributed by atoms with E-state index in [1.54, 1.807) is 12.1 Å². The Morgan fingerprint density at radius 2 is 1.77 bits per heavy atom. The molecule has 0 bridgehead atoms. The van der Waals surface area contributed by atoms with Crippen molar-refractivity contribution in [2.24, 2.45) is 11.8 Å². The van der Waals surface area contributed by atoms with Crippen LogP contribution >= 0.6 is 0 Å². The minimum Gasteiger partial charge on any atom is -0.502 e. The van der Waals surface area contributed by atoms with E-state index in [-0.39, 0.29) is 49.1 Å². The topological polar surface area (TPSA) is 122 Å². The third-order valence-corrected chi connectivity index (χ3v) is 6.65. The molecule has 0 unspecified atom stereocenters. The van der Waals surface area contributed by atoms with Gasteiger partial charge in [-0.15, -0.1) is 0 Å². The van der Waals surface area contributed by atoms with E-state index in [1.165, 1.54) is 20.3 Å². The average Bonchev–Trinajstić information content (AvgIpc) is 3.48. The largest absolute Gasteiger partial charge is 0.502 e. The molecule has 3 aliphatic rings. The van der Waals surface area contributed by atoms with Crippen LogP contribution in [0.1, 0.15) is 28.7 Å². The van der Waals surface area contributed by atoms with Gasteiger partial charge in [-0.1, -0.05) is 12.7 Å². The van der Waals surface area contributed by atoms with Gasteiger partial charge in [0.25, 0.3) is 0 Å². The van der Waals surface area contributed by atoms with Gasteiger partial charge in [-0.3, -0.25) is 4.79 Å². The number of amides is 1. The molecule has 10 heteroatoms. The van der Waals surface area contributed by atoms with Crippen molar-refractivity contribution in [2.75, 3.05) is 34.2 Å². The van der Waals surface area contributed by atoms with Crippen LogP contribution in [-0.2, 0) is 14.3 Å². The van der Waals surface area contributed by atoms with Crippen molar-refractivity contribution in [3.05, 3.63) is 53.6 Å². The van der Waals surface area contributed by atoms with Crippen molar-refractivity contribution >= 4 is 12.1 Å². The maximum Gasteiger partial charge on any atom is 0.407 e. The van der Waals surface area contributed by atoms with Crippen LogP contribution in [0.2, 0.25) is 0 Å². The SMILES string of the molecule is C=CCOC(=O)N[C@@H]1c2cc3c(cc2[C@@H](c2cc(OC)c(O)c(OC)c2)[C@H]2C(=O)OC[C@@H]21)OCO3. The highest BCUT2D eigenvalue weighted by molar-refractivity contribution is 5.79. The van der Waals surface area contributed by atoms with E-state index in [0.29, 0.717) is 17.1 Å². The zero-order valence-corrected chi connectivity index (χ0v) is 19.2. The third-order valence-electron chi connectivity index (χ3n) is 6.65. The molecule has 0 saturated carbocycles. The molecule has 1 aliphatic carbocycles. The number of aromatic hydroxyl groups is 1. The van der Waals surface area contributed by atoms with Crippen LogP contribution in [0.4, 0.5) is 4.79 Å². The Hall–Kier alpha value is -4.08. The fraction of sp³-hybridized carbons (Fsp3) is 0.360. The van der Waals surface area contributed by atoms with E-state index >= 15 is 0 Å². The van der Waals surface area contributed by atoms with Gasteiger partial charge in [0, 0.05) is 11.8 Å². The summed E-state index contributed by atoms with van der Waals surface area (Å²) in [6.45, 7) is 3.79. The lowest BCUT2D eigenvalue weighted by Gasteiger charge is -2.39. The molecule has 2 aromatic carbocycles. The molecule has 2 heterocycles. The number of esters is 1. The molecular formula is C25H25NO9. The van der Waals surface area contributed by atoms with Crippen molar-refractivity contribution in [1.82, 2.24) is 5.32 Å². The lowest BCUT2D eigenvalue weighted by Crippen LogP contribution is -2.43. The summed E-state index contributed by atoms with van der Waals surface area (Å²) in [5.74, 6) is -0.562. The lowest BCUT2D eigenvalue weighted by molar-refractivity contribution is -0.141. The van der Waals surface area contributed by atoms with Crippen molar-refractivity contribution in [3.8, 4) is 28.7 Å². The number of carbonyl (C=O) groups is 2. The van der Waals surface area contributed by atoms with Gasteiger partial charge < -0.3 is 38.8 Å². The monoisotopic (exact) mass is 483 g/mol. The third kappa shape index (κ3) is 3.74. The zero-order valence-electron chi connectivity index (χ0n) is 19.2. The number of hydrogen-bond donors (Lipinski definition) is 2. The number of rotatable bonds is 6. The number of cyclic esters (lactones) is 1. The Labute approximate surface area is 201 Å². The summed E-state index contributed by atoms with van der Waals surface area (Å²) in [4.78, 5) is 25.6. The fourth-order valence-corrected chi connectivity index (χ4v) is 5.14. The molecule has 10 nitrogen and oxygen atoms in total. The molecule has 35 heavy (non-hydrogen) atoms. The van der Waals surface area contributed by atoms with E-state index in [2.05, 4.69) is 11.9 Å². The number of methoxy groups -OCH3 is 2. The number of alkyl carbamates (subject to hydrolysis) is 1. The van der Waals surface area contributed by atoms with Crippen LogP contribution in [-0.4, -0.2) is 51.4 Å². The first kappa shape index (κ1) is 22.7. The number of ether oxygens (including phenoxy) is 6. The summed E-state index contributed by atoms with van der Waals surface area (Å²) in [6, 6.07) is 6.40. The average molecular weight is 483 g/mol. The first-order valence-corrected chi connectivity index (χ1v) is 11.1. The van der Waals surface area contributed by atoms with E-state index in [0.717, 1.165) is 11.1 Å². The van der Waals surface area contributed by atoms with Crippen LogP contribution in [0, 0.1) is 11.8 Å². The second-order valence-electron chi connectivity index (χ2n) is 8.41. The molecule has 1 amide bonds. The number of carbonyl (C=O) groups excluding carboxylic acids is 2. The molecule has 1 fully saturated rings. The van der Waals surface area contributed by atoms with Crippen LogP contribution in [0.3, 0.4) is 0 Å². The van der Waals surface area contributed by atoms with Crippen LogP contribution in [0.5, 0.6) is 28.7 Å². The summed E-state index contributed by atoms with van der Waals surface area (Å²) >= 11 is 0. The van der Waals surface area contributed by atoms with E-state index in [4.69, 9.17) is 28.4 Å². The molecule has 0 radical (unpaired) electrons. The molecule has 184 valence electrons. The summed E-state index contributed by atoms with van der Waals surface area (Å²) in [5, 5.41) is 13.3. The lowest BCUT2D eigenvalue weighted by atomic mass is 9.65. The minimum absolute atomic E-state index is 0.0474. The van der Waals surface area contributed by atoms with Crippen molar-refractivity contribution in [1.29, 1.82) is 0 Å². The summed E-state index contributed by atoms with van der Waals surface area (Å²) in [5.41, 5.74) is 2.18. The Morgan fingerprint density at radius 3 is 2.40 bits per heavy atom. The molecule has 0 aromatic heterocycles.